The smallest absolute Gasteiger partial charge is 0.186 e. The third kappa shape index (κ3) is 3.09. The Labute approximate surface area is 170 Å². The zero-order chi connectivity index (χ0) is 20.8. The van der Waals surface area contributed by atoms with Crippen LogP contribution in [0.15, 0.2) is 36.7 Å². The van der Waals surface area contributed by atoms with Crippen LogP contribution in [0.1, 0.15) is 43.3 Å². The van der Waals surface area contributed by atoms with Gasteiger partial charge in [-0.15, -0.1) is 0 Å². The summed E-state index contributed by atoms with van der Waals surface area (Å²) < 4.78 is 29.7. The predicted molar refractivity (Wildman–Crippen MR) is 105 cm³/mol. The number of hydrogen-bond acceptors (Lipinski definition) is 6. The summed E-state index contributed by atoms with van der Waals surface area (Å²) in [4.78, 5) is 11.0. The molecule has 2 N–H and O–H groups in total. The summed E-state index contributed by atoms with van der Waals surface area (Å²) in [5.74, 6) is 0.479. The average Bonchev–Trinajstić information content (AvgIpc) is 3.47. The molecular weight excluding hydrogens is 392 g/mol. The number of aliphatic hydroxyl groups excluding tert-OH is 1. The van der Waals surface area contributed by atoms with E-state index in [0.29, 0.717) is 47.2 Å². The van der Waals surface area contributed by atoms with E-state index in [-0.39, 0.29) is 6.04 Å². The van der Waals surface area contributed by atoms with Gasteiger partial charge in [0.1, 0.15) is 23.6 Å². The van der Waals surface area contributed by atoms with E-state index in [1.165, 1.54) is 6.07 Å². The zero-order valence-corrected chi connectivity index (χ0v) is 16.1. The van der Waals surface area contributed by atoms with E-state index < -0.39 is 17.7 Å². The molecule has 154 valence electrons. The average molecular weight is 411 g/mol. The van der Waals surface area contributed by atoms with E-state index in [0.717, 1.165) is 18.6 Å². The van der Waals surface area contributed by atoms with Gasteiger partial charge >= 0.3 is 0 Å². The highest BCUT2D eigenvalue weighted by atomic mass is 19.1. The van der Waals surface area contributed by atoms with Crippen LogP contribution in [0.3, 0.4) is 0 Å². The lowest BCUT2D eigenvalue weighted by molar-refractivity contribution is 0.189. The Hall–Kier alpha value is -3.40. The third-order valence-electron chi connectivity index (χ3n) is 5.36. The molecule has 1 aromatic carbocycles. The number of nitrogens with one attached hydrogen (secondary N) is 1. The predicted octanol–water partition coefficient (Wildman–Crippen LogP) is 3.19. The van der Waals surface area contributed by atoms with Crippen LogP contribution < -0.4 is 4.90 Å². The number of H-pyrrole nitrogens is 1. The van der Waals surface area contributed by atoms with Gasteiger partial charge in [-0.3, -0.25) is 5.10 Å². The van der Waals surface area contributed by atoms with Gasteiger partial charge in [-0.2, -0.15) is 10.2 Å². The van der Waals surface area contributed by atoms with Crippen LogP contribution in [0.2, 0.25) is 0 Å². The van der Waals surface area contributed by atoms with E-state index in [1.807, 2.05) is 4.90 Å². The van der Waals surface area contributed by atoms with Crippen molar-refractivity contribution in [3.63, 3.8) is 0 Å². The Morgan fingerprint density at radius 1 is 1.23 bits per heavy atom. The Morgan fingerprint density at radius 3 is 2.90 bits per heavy atom. The van der Waals surface area contributed by atoms with Crippen molar-refractivity contribution in [3.05, 3.63) is 59.7 Å². The van der Waals surface area contributed by atoms with E-state index in [1.54, 1.807) is 29.9 Å². The standard InChI is InChI=1S/C20H19F2N7O/c1-11(30)18-25-19(27-26-18)14-10-23-29-8-6-17(24-20(14)29)28-7-2-3-16(28)13-9-12(21)4-5-15(13)22/h4-6,8-11,16,30H,2-3,7H2,1H3,(H,25,26,27)/t11-,16-/m1/s1. The second-order valence-corrected chi connectivity index (χ2v) is 7.35. The summed E-state index contributed by atoms with van der Waals surface area (Å²) in [6.07, 6.45) is 4.15. The molecule has 4 aromatic rings. The van der Waals surface area contributed by atoms with Gasteiger partial charge in [0.05, 0.1) is 17.8 Å². The van der Waals surface area contributed by atoms with Gasteiger partial charge in [0.15, 0.2) is 17.3 Å². The molecule has 5 rings (SSSR count). The molecular formula is C20H19F2N7O. The van der Waals surface area contributed by atoms with E-state index in [4.69, 9.17) is 4.98 Å². The molecule has 3 aromatic heterocycles. The molecule has 0 radical (unpaired) electrons. The lowest BCUT2D eigenvalue weighted by atomic mass is 10.0. The second kappa shape index (κ2) is 7.13. The molecule has 2 atom stereocenters. The molecule has 8 nitrogen and oxygen atoms in total. The third-order valence-corrected chi connectivity index (χ3v) is 5.36. The monoisotopic (exact) mass is 411 g/mol. The molecule has 1 aliphatic rings. The van der Waals surface area contributed by atoms with Crippen molar-refractivity contribution in [1.29, 1.82) is 0 Å². The summed E-state index contributed by atoms with van der Waals surface area (Å²) in [5, 5.41) is 20.8. The number of aliphatic hydroxyl groups is 1. The van der Waals surface area contributed by atoms with Crippen molar-refractivity contribution in [2.45, 2.75) is 31.9 Å². The van der Waals surface area contributed by atoms with Crippen LogP contribution in [-0.4, -0.2) is 41.4 Å². The summed E-state index contributed by atoms with van der Waals surface area (Å²) >= 11 is 0. The maximum atomic E-state index is 14.4. The van der Waals surface area contributed by atoms with Crippen molar-refractivity contribution in [2.75, 3.05) is 11.4 Å². The molecule has 1 saturated heterocycles. The largest absolute Gasteiger partial charge is 0.385 e. The number of anilines is 1. The minimum atomic E-state index is -0.775. The Bertz CT molecular complexity index is 1220. The number of rotatable bonds is 4. The number of hydrogen-bond donors (Lipinski definition) is 2. The topological polar surface area (TPSA) is 95.2 Å². The first kappa shape index (κ1) is 18.6. The molecule has 0 aliphatic carbocycles. The fraction of sp³-hybridized carbons (Fsp3) is 0.300. The van der Waals surface area contributed by atoms with Crippen LogP contribution in [0.5, 0.6) is 0 Å². The first-order chi connectivity index (χ1) is 14.5. The highest BCUT2D eigenvalue weighted by Crippen LogP contribution is 2.37. The normalized spacial score (nSPS) is 17.7. The SMILES string of the molecule is C[C@@H](O)c1nc(-c2cnn3ccc(N4CCC[C@@H]4c4cc(F)ccc4F)nc23)n[nH]1. The number of nitrogens with zero attached hydrogens (tertiary/aromatic N) is 6. The molecule has 0 spiro atoms. The number of halogens is 2. The van der Waals surface area contributed by atoms with Gasteiger partial charge in [-0.1, -0.05) is 0 Å². The van der Waals surface area contributed by atoms with Crippen molar-refractivity contribution < 1.29 is 13.9 Å². The molecule has 10 heteroatoms. The van der Waals surface area contributed by atoms with E-state index >= 15 is 0 Å². The fourth-order valence-electron chi connectivity index (χ4n) is 3.89. The van der Waals surface area contributed by atoms with Crippen LogP contribution in [-0.2, 0) is 0 Å². The zero-order valence-electron chi connectivity index (χ0n) is 16.1. The Balaban J connectivity index is 1.55. The van der Waals surface area contributed by atoms with Gasteiger partial charge in [0.2, 0.25) is 0 Å². The van der Waals surface area contributed by atoms with Gasteiger partial charge in [-0.25, -0.2) is 23.3 Å². The van der Waals surface area contributed by atoms with Crippen molar-refractivity contribution in [2.24, 2.45) is 0 Å². The first-order valence-corrected chi connectivity index (χ1v) is 9.68. The summed E-state index contributed by atoms with van der Waals surface area (Å²) in [7, 11) is 0. The van der Waals surface area contributed by atoms with Crippen LogP contribution in [0, 0.1) is 11.6 Å². The number of aromatic amines is 1. The summed E-state index contributed by atoms with van der Waals surface area (Å²) in [6.45, 7) is 2.27. The van der Waals surface area contributed by atoms with E-state index in [2.05, 4.69) is 20.3 Å². The van der Waals surface area contributed by atoms with Gasteiger partial charge in [0, 0.05) is 18.3 Å². The van der Waals surface area contributed by atoms with Gasteiger partial charge in [-0.05, 0) is 44.0 Å². The molecule has 0 saturated carbocycles. The molecule has 1 fully saturated rings. The highest BCUT2D eigenvalue weighted by molar-refractivity contribution is 5.73. The minimum absolute atomic E-state index is 0.299. The molecule has 30 heavy (non-hydrogen) atoms. The number of fused-ring (bicyclic) bond motifs is 1. The maximum Gasteiger partial charge on any atom is 0.186 e. The maximum absolute atomic E-state index is 14.4. The Kier molecular flexibility index (Phi) is 4.43. The second-order valence-electron chi connectivity index (χ2n) is 7.35. The van der Waals surface area contributed by atoms with Crippen molar-refractivity contribution >= 4 is 11.5 Å². The number of benzene rings is 1. The number of aromatic nitrogens is 6. The lowest BCUT2D eigenvalue weighted by Crippen LogP contribution is -2.24. The fourth-order valence-corrected chi connectivity index (χ4v) is 3.89. The molecule has 0 bridgehead atoms. The van der Waals surface area contributed by atoms with Crippen molar-refractivity contribution in [1.82, 2.24) is 29.8 Å². The van der Waals surface area contributed by atoms with Crippen LogP contribution >= 0.6 is 0 Å². The first-order valence-electron chi connectivity index (χ1n) is 9.68. The Morgan fingerprint density at radius 2 is 2.10 bits per heavy atom. The molecule has 1 aliphatic heterocycles. The highest BCUT2D eigenvalue weighted by Gasteiger charge is 2.30. The summed E-state index contributed by atoms with van der Waals surface area (Å²) in [5.41, 5.74) is 1.47. The lowest BCUT2D eigenvalue weighted by Gasteiger charge is -2.26. The quantitative estimate of drug-likeness (QED) is 0.536. The summed E-state index contributed by atoms with van der Waals surface area (Å²) in [6, 6.07) is 5.05. The van der Waals surface area contributed by atoms with Gasteiger partial charge in [0.25, 0.3) is 0 Å². The van der Waals surface area contributed by atoms with Crippen molar-refractivity contribution in [3.8, 4) is 11.4 Å². The molecule has 0 unspecified atom stereocenters. The molecule has 4 heterocycles. The van der Waals surface area contributed by atoms with Crippen LogP contribution in [0.25, 0.3) is 17.0 Å². The van der Waals surface area contributed by atoms with Gasteiger partial charge < -0.3 is 10.0 Å². The van der Waals surface area contributed by atoms with E-state index in [9.17, 15) is 13.9 Å². The van der Waals surface area contributed by atoms with Crippen LogP contribution in [0.4, 0.5) is 14.6 Å². The molecule has 0 amide bonds. The minimum Gasteiger partial charge on any atom is -0.385 e.